The first-order chi connectivity index (χ1) is 9.01. The summed E-state index contributed by atoms with van der Waals surface area (Å²) in [6.45, 7) is 1.80. The highest BCUT2D eigenvalue weighted by Gasteiger charge is 2.15. The summed E-state index contributed by atoms with van der Waals surface area (Å²) in [5.74, 6) is -2.30. The van der Waals surface area contributed by atoms with Crippen LogP contribution in [0.5, 0.6) is 11.5 Å². The van der Waals surface area contributed by atoms with Crippen molar-refractivity contribution in [2.24, 2.45) is 0 Å². The Morgan fingerprint density at radius 1 is 1.16 bits per heavy atom. The van der Waals surface area contributed by atoms with Gasteiger partial charge in [-0.05, 0) is 36.8 Å². The van der Waals surface area contributed by atoms with Crippen LogP contribution >= 0.6 is 0 Å². The number of nitrogen functional groups attached to an aromatic ring is 1. The largest absolute Gasteiger partial charge is 0.449 e. The highest BCUT2D eigenvalue weighted by atomic mass is 19.1. The summed E-state index contributed by atoms with van der Waals surface area (Å²) in [6, 6.07) is 8.40. The number of benzene rings is 2. The quantitative estimate of drug-likeness (QED) is 0.840. The van der Waals surface area contributed by atoms with Gasteiger partial charge in [-0.2, -0.15) is 5.26 Å². The van der Waals surface area contributed by atoms with Gasteiger partial charge >= 0.3 is 0 Å². The van der Waals surface area contributed by atoms with Crippen molar-refractivity contribution in [3.63, 3.8) is 0 Å². The van der Waals surface area contributed by atoms with Gasteiger partial charge < -0.3 is 10.5 Å². The maximum Gasteiger partial charge on any atom is 0.198 e. The molecule has 0 amide bonds. The zero-order valence-corrected chi connectivity index (χ0v) is 10.1. The molecule has 2 N–H and O–H groups in total. The molecule has 0 spiro atoms. The molecule has 0 aliphatic heterocycles. The van der Waals surface area contributed by atoms with Gasteiger partial charge in [0.25, 0.3) is 0 Å². The molecule has 2 aromatic carbocycles. The first kappa shape index (κ1) is 12.8. The highest BCUT2D eigenvalue weighted by Crippen LogP contribution is 2.32. The van der Waals surface area contributed by atoms with E-state index in [4.69, 9.17) is 15.7 Å². The Morgan fingerprint density at radius 2 is 1.79 bits per heavy atom. The van der Waals surface area contributed by atoms with Crippen LogP contribution in [0.2, 0.25) is 0 Å². The molecule has 0 saturated carbocycles. The second kappa shape index (κ2) is 4.94. The Morgan fingerprint density at radius 3 is 2.37 bits per heavy atom. The maximum atomic E-state index is 13.7. The Kier molecular flexibility index (Phi) is 3.34. The monoisotopic (exact) mass is 260 g/mol. The minimum absolute atomic E-state index is 0.112. The zero-order chi connectivity index (χ0) is 14.0. The van der Waals surface area contributed by atoms with Crippen molar-refractivity contribution >= 4 is 5.69 Å². The third-order valence-corrected chi connectivity index (χ3v) is 2.51. The van der Waals surface area contributed by atoms with Crippen molar-refractivity contribution in [1.82, 2.24) is 0 Å². The summed E-state index contributed by atoms with van der Waals surface area (Å²) in [7, 11) is 0. The van der Waals surface area contributed by atoms with E-state index >= 15 is 0 Å². The van der Waals surface area contributed by atoms with Crippen LogP contribution in [-0.2, 0) is 0 Å². The van der Waals surface area contributed by atoms with Gasteiger partial charge in [0, 0.05) is 0 Å². The third-order valence-electron chi connectivity index (χ3n) is 2.51. The molecule has 0 aromatic heterocycles. The molecule has 19 heavy (non-hydrogen) atoms. The van der Waals surface area contributed by atoms with Crippen molar-refractivity contribution in [1.29, 1.82) is 5.26 Å². The number of ether oxygens (including phenoxy) is 1. The lowest BCUT2D eigenvalue weighted by Crippen LogP contribution is -1.97. The molecule has 3 nitrogen and oxygen atoms in total. The number of halogens is 2. The molecule has 0 aliphatic rings. The van der Waals surface area contributed by atoms with E-state index in [9.17, 15) is 8.78 Å². The van der Waals surface area contributed by atoms with Crippen molar-refractivity contribution in [3.8, 4) is 17.6 Å². The maximum absolute atomic E-state index is 13.7. The van der Waals surface area contributed by atoms with Gasteiger partial charge in [0.1, 0.15) is 0 Å². The molecule has 0 aliphatic carbocycles. The number of anilines is 1. The molecule has 2 aromatic rings. The summed E-state index contributed by atoms with van der Waals surface area (Å²) in [5, 5.41) is 8.60. The molecule has 2 rings (SSSR count). The van der Waals surface area contributed by atoms with Gasteiger partial charge in [0.2, 0.25) is 0 Å². The lowest BCUT2D eigenvalue weighted by atomic mass is 10.2. The van der Waals surface area contributed by atoms with Crippen LogP contribution in [0, 0.1) is 29.9 Å². The number of nitrogens with two attached hydrogens (primary N) is 1. The summed E-state index contributed by atoms with van der Waals surface area (Å²) in [6.07, 6.45) is 0. The fraction of sp³-hybridized carbons (Fsp3) is 0.0714. The minimum atomic E-state index is -0.947. The Balaban J connectivity index is 2.44. The standard InChI is InChI=1S/C14H10F2N2O/c1-8-2-3-12(18)13(4-8)19-14-10(15)5-9(7-17)6-11(14)16/h2-6H,18H2,1H3. The predicted molar refractivity (Wildman–Crippen MR) is 66.7 cm³/mol. The van der Waals surface area contributed by atoms with Crippen LogP contribution in [-0.4, -0.2) is 0 Å². The summed E-state index contributed by atoms with van der Waals surface area (Å²) >= 11 is 0. The first-order valence-electron chi connectivity index (χ1n) is 5.44. The number of hydrogen-bond acceptors (Lipinski definition) is 3. The number of aryl methyl sites for hydroxylation is 1. The van der Waals surface area contributed by atoms with E-state index in [0.717, 1.165) is 17.7 Å². The zero-order valence-electron chi connectivity index (χ0n) is 10.1. The predicted octanol–water partition coefficient (Wildman–Crippen LogP) is 3.52. The number of nitrogens with zero attached hydrogens (tertiary/aromatic N) is 1. The van der Waals surface area contributed by atoms with Gasteiger partial charge in [-0.1, -0.05) is 6.07 Å². The van der Waals surface area contributed by atoms with E-state index < -0.39 is 17.4 Å². The van der Waals surface area contributed by atoms with Crippen LogP contribution in [0.15, 0.2) is 30.3 Å². The van der Waals surface area contributed by atoms with Gasteiger partial charge in [-0.25, -0.2) is 8.78 Å². The lowest BCUT2D eigenvalue weighted by molar-refractivity contribution is 0.408. The normalized spacial score (nSPS) is 10.0. The SMILES string of the molecule is Cc1ccc(N)c(Oc2c(F)cc(C#N)cc2F)c1. The van der Waals surface area contributed by atoms with E-state index in [2.05, 4.69) is 0 Å². The topological polar surface area (TPSA) is 59.0 Å². The smallest absolute Gasteiger partial charge is 0.198 e. The molecule has 0 radical (unpaired) electrons. The number of nitriles is 1. The molecule has 0 atom stereocenters. The second-order valence-electron chi connectivity index (χ2n) is 4.02. The lowest BCUT2D eigenvalue weighted by Gasteiger charge is -2.11. The van der Waals surface area contributed by atoms with Gasteiger partial charge in [0.15, 0.2) is 23.1 Å². The van der Waals surface area contributed by atoms with Crippen LogP contribution in [0.1, 0.15) is 11.1 Å². The molecule has 5 heteroatoms. The van der Waals surface area contributed by atoms with Crippen LogP contribution in [0.4, 0.5) is 14.5 Å². The third kappa shape index (κ3) is 2.63. The van der Waals surface area contributed by atoms with Crippen LogP contribution < -0.4 is 10.5 Å². The van der Waals surface area contributed by atoms with E-state index in [0.29, 0.717) is 0 Å². The highest BCUT2D eigenvalue weighted by molar-refractivity contribution is 5.55. The van der Waals surface area contributed by atoms with E-state index in [-0.39, 0.29) is 17.0 Å². The van der Waals surface area contributed by atoms with Gasteiger partial charge in [-0.3, -0.25) is 0 Å². The molecular weight excluding hydrogens is 250 g/mol. The Hall–Kier alpha value is -2.61. The summed E-state index contributed by atoms with van der Waals surface area (Å²) < 4.78 is 32.5. The van der Waals surface area contributed by atoms with E-state index in [1.54, 1.807) is 31.2 Å². The van der Waals surface area contributed by atoms with Crippen molar-refractivity contribution in [3.05, 3.63) is 53.1 Å². The number of hydrogen-bond donors (Lipinski definition) is 1. The van der Waals surface area contributed by atoms with Crippen molar-refractivity contribution in [2.75, 3.05) is 5.73 Å². The molecule has 0 bridgehead atoms. The second-order valence-corrected chi connectivity index (χ2v) is 4.02. The molecular formula is C14H10F2N2O. The Bertz CT molecular complexity index is 655. The average Bonchev–Trinajstić information content (AvgIpc) is 2.37. The van der Waals surface area contributed by atoms with E-state index in [1.807, 2.05) is 0 Å². The Labute approximate surface area is 108 Å². The molecule has 96 valence electrons. The molecule has 0 heterocycles. The first-order valence-corrected chi connectivity index (χ1v) is 5.44. The van der Waals surface area contributed by atoms with Crippen LogP contribution in [0.3, 0.4) is 0 Å². The minimum Gasteiger partial charge on any atom is -0.449 e. The van der Waals surface area contributed by atoms with E-state index in [1.165, 1.54) is 0 Å². The van der Waals surface area contributed by atoms with Gasteiger partial charge in [-0.15, -0.1) is 0 Å². The van der Waals surface area contributed by atoms with Crippen molar-refractivity contribution in [2.45, 2.75) is 6.92 Å². The van der Waals surface area contributed by atoms with Crippen LogP contribution in [0.25, 0.3) is 0 Å². The average molecular weight is 260 g/mol. The fourth-order valence-electron chi connectivity index (χ4n) is 1.56. The fourth-order valence-corrected chi connectivity index (χ4v) is 1.56. The van der Waals surface area contributed by atoms with Gasteiger partial charge in [0.05, 0.1) is 17.3 Å². The van der Waals surface area contributed by atoms with Crippen molar-refractivity contribution < 1.29 is 13.5 Å². The summed E-state index contributed by atoms with van der Waals surface area (Å²) in [5.41, 5.74) is 6.68. The molecule has 0 unspecified atom stereocenters. The summed E-state index contributed by atoms with van der Waals surface area (Å²) in [4.78, 5) is 0. The molecule has 0 fully saturated rings. The molecule has 0 saturated heterocycles. The number of rotatable bonds is 2.